The molecule has 7 nitrogen and oxygen atoms in total. The van der Waals surface area contributed by atoms with E-state index < -0.39 is 0 Å². The van der Waals surface area contributed by atoms with Gasteiger partial charge >= 0.3 is 0 Å². The highest BCUT2D eigenvalue weighted by atomic mass is 16.6. The number of nitrogens with zero attached hydrogens (tertiary/aromatic N) is 3. The molecule has 1 saturated carbocycles. The molecule has 32 heavy (non-hydrogen) atoms. The number of amides is 2. The summed E-state index contributed by atoms with van der Waals surface area (Å²) in [6.45, 7) is 3.62. The number of hydrogen-bond donors (Lipinski definition) is 1. The third-order valence-electron chi connectivity index (χ3n) is 7.82. The van der Waals surface area contributed by atoms with Crippen molar-refractivity contribution in [1.82, 2.24) is 15.1 Å². The highest BCUT2D eigenvalue weighted by Crippen LogP contribution is 2.52. The summed E-state index contributed by atoms with van der Waals surface area (Å²) in [6, 6.07) is 10.8. The van der Waals surface area contributed by atoms with Crippen molar-refractivity contribution in [3.05, 3.63) is 35.9 Å². The van der Waals surface area contributed by atoms with Gasteiger partial charge in [-0.05, 0) is 63.6 Å². The van der Waals surface area contributed by atoms with Crippen LogP contribution in [-0.2, 0) is 20.0 Å². The van der Waals surface area contributed by atoms with E-state index in [1.807, 2.05) is 0 Å². The van der Waals surface area contributed by atoms with Gasteiger partial charge in [0.2, 0.25) is 11.8 Å². The maximum absolute atomic E-state index is 12.9. The minimum absolute atomic E-state index is 0.0604. The molecule has 1 saturated heterocycles. The molecule has 4 rings (SSSR count). The predicted molar refractivity (Wildman–Crippen MR) is 124 cm³/mol. The Bertz CT molecular complexity index is 859. The van der Waals surface area contributed by atoms with Crippen LogP contribution in [0.25, 0.3) is 0 Å². The van der Waals surface area contributed by atoms with Gasteiger partial charge in [-0.3, -0.25) is 14.5 Å². The molecule has 2 fully saturated rings. The lowest BCUT2D eigenvalue weighted by Gasteiger charge is -2.48. The Morgan fingerprint density at radius 1 is 1.22 bits per heavy atom. The van der Waals surface area contributed by atoms with Crippen LogP contribution in [-0.4, -0.2) is 61.2 Å². The van der Waals surface area contributed by atoms with Gasteiger partial charge in [-0.1, -0.05) is 35.5 Å². The number of oxime groups is 1. The smallest absolute Gasteiger partial charge is 0.223 e. The number of rotatable bonds is 6. The Hall–Kier alpha value is -2.41. The summed E-state index contributed by atoms with van der Waals surface area (Å²) >= 11 is 0. The van der Waals surface area contributed by atoms with Gasteiger partial charge in [0.05, 0.1) is 5.92 Å². The van der Waals surface area contributed by atoms with Crippen LogP contribution in [0.15, 0.2) is 35.5 Å². The normalized spacial score (nSPS) is 30.0. The Morgan fingerprint density at radius 3 is 2.59 bits per heavy atom. The Kier molecular flexibility index (Phi) is 6.56. The van der Waals surface area contributed by atoms with Gasteiger partial charge in [0.15, 0.2) is 5.84 Å². The fraction of sp³-hybridized carbons (Fsp3) is 0.640. The largest absolute Gasteiger partial charge is 0.394 e. The zero-order chi connectivity index (χ0) is 22.8. The van der Waals surface area contributed by atoms with Crippen LogP contribution >= 0.6 is 0 Å². The van der Waals surface area contributed by atoms with Crippen molar-refractivity contribution in [2.45, 2.75) is 57.4 Å². The molecule has 1 N–H and O–H groups in total. The Morgan fingerprint density at radius 2 is 1.94 bits per heavy atom. The second-order valence-electron chi connectivity index (χ2n) is 10.1. The summed E-state index contributed by atoms with van der Waals surface area (Å²) in [6.07, 6.45) is 6.75. The van der Waals surface area contributed by atoms with E-state index in [9.17, 15) is 9.59 Å². The Balaban J connectivity index is 1.32. The molecule has 2 aliphatic heterocycles. The topological polar surface area (TPSA) is 74.2 Å². The second-order valence-corrected chi connectivity index (χ2v) is 10.1. The first-order valence-electron chi connectivity index (χ1n) is 11.8. The molecule has 2 heterocycles. The van der Waals surface area contributed by atoms with Crippen molar-refractivity contribution in [3.8, 4) is 0 Å². The standard InChI is InChI=1S/C25H36N4O3/c1-19(30)26-23-20(17-32-27-23)8-7-15-29-18-24(16-22(29)31)11-13-25(14-12-24,28(2)3)21-9-5-4-6-10-21/h4-6,9-10,20H,7-8,11-18H2,1-3H3,(H,26,27,30). The summed E-state index contributed by atoms with van der Waals surface area (Å²) in [7, 11) is 4.37. The number of amidine groups is 1. The van der Waals surface area contributed by atoms with Crippen LogP contribution < -0.4 is 5.32 Å². The lowest BCUT2D eigenvalue weighted by Crippen LogP contribution is -2.47. The van der Waals surface area contributed by atoms with E-state index in [-0.39, 0.29) is 22.8 Å². The van der Waals surface area contributed by atoms with Crippen molar-refractivity contribution in [1.29, 1.82) is 0 Å². The van der Waals surface area contributed by atoms with Crippen molar-refractivity contribution in [3.63, 3.8) is 0 Å². The molecule has 2 amide bonds. The first-order valence-corrected chi connectivity index (χ1v) is 11.8. The molecule has 3 aliphatic rings. The molecule has 1 aromatic carbocycles. The first-order chi connectivity index (χ1) is 15.3. The van der Waals surface area contributed by atoms with Crippen LogP contribution in [0.4, 0.5) is 0 Å². The van der Waals surface area contributed by atoms with Gasteiger partial charge < -0.3 is 15.1 Å². The zero-order valence-corrected chi connectivity index (χ0v) is 19.6. The van der Waals surface area contributed by atoms with Gasteiger partial charge in [0.1, 0.15) is 6.61 Å². The molecule has 1 unspecified atom stereocenters. The minimum atomic E-state index is -0.127. The zero-order valence-electron chi connectivity index (χ0n) is 19.6. The molecule has 1 atom stereocenters. The van der Waals surface area contributed by atoms with Crippen molar-refractivity contribution < 1.29 is 14.4 Å². The summed E-state index contributed by atoms with van der Waals surface area (Å²) in [5.74, 6) is 0.889. The summed E-state index contributed by atoms with van der Waals surface area (Å²) < 4.78 is 0. The highest BCUT2D eigenvalue weighted by Gasteiger charge is 2.50. The maximum atomic E-state index is 12.9. The monoisotopic (exact) mass is 440 g/mol. The molecule has 1 aliphatic carbocycles. The second kappa shape index (κ2) is 9.22. The number of likely N-dealkylation sites (tertiary alicyclic amines) is 1. The molecule has 0 bridgehead atoms. The predicted octanol–water partition coefficient (Wildman–Crippen LogP) is 3.11. The van der Waals surface area contributed by atoms with E-state index in [0.717, 1.165) is 51.6 Å². The van der Waals surface area contributed by atoms with Crippen molar-refractivity contribution >= 4 is 17.6 Å². The van der Waals surface area contributed by atoms with Crippen molar-refractivity contribution in [2.75, 3.05) is 33.8 Å². The number of hydrogen-bond acceptors (Lipinski definition) is 5. The highest BCUT2D eigenvalue weighted by molar-refractivity contribution is 5.98. The Labute approximate surface area is 191 Å². The van der Waals surface area contributed by atoms with Crippen LogP contribution in [0.2, 0.25) is 0 Å². The van der Waals surface area contributed by atoms with Gasteiger partial charge in [-0.25, -0.2) is 0 Å². The minimum Gasteiger partial charge on any atom is -0.394 e. The number of carbonyl (C=O) groups excluding carboxylic acids is 2. The van der Waals surface area contributed by atoms with E-state index in [4.69, 9.17) is 4.84 Å². The van der Waals surface area contributed by atoms with Crippen LogP contribution in [0.3, 0.4) is 0 Å². The average Bonchev–Trinajstić information content (AvgIpc) is 3.33. The van der Waals surface area contributed by atoms with Gasteiger partial charge in [0, 0.05) is 32.0 Å². The first kappa shape index (κ1) is 22.8. The lowest BCUT2D eigenvalue weighted by molar-refractivity contribution is -0.128. The molecular weight excluding hydrogens is 404 g/mol. The van der Waals surface area contributed by atoms with Gasteiger partial charge in [-0.2, -0.15) is 0 Å². The maximum Gasteiger partial charge on any atom is 0.223 e. The molecule has 1 spiro atoms. The third kappa shape index (κ3) is 4.53. The van der Waals surface area contributed by atoms with E-state index >= 15 is 0 Å². The van der Waals surface area contributed by atoms with E-state index in [2.05, 4.69) is 64.7 Å². The van der Waals surface area contributed by atoms with E-state index in [0.29, 0.717) is 24.8 Å². The quantitative estimate of drug-likeness (QED) is 0.738. The number of benzene rings is 1. The fourth-order valence-corrected chi connectivity index (χ4v) is 5.86. The molecule has 0 radical (unpaired) electrons. The molecule has 174 valence electrons. The third-order valence-corrected chi connectivity index (χ3v) is 7.82. The van der Waals surface area contributed by atoms with E-state index in [1.54, 1.807) is 0 Å². The number of carbonyl (C=O) groups is 2. The number of nitrogens with one attached hydrogen (secondary N) is 1. The molecule has 7 heteroatoms. The van der Waals surface area contributed by atoms with Crippen molar-refractivity contribution in [2.24, 2.45) is 16.5 Å². The van der Waals surface area contributed by atoms with Crippen LogP contribution in [0.5, 0.6) is 0 Å². The molecular formula is C25H36N4O3. The van der Waals surface area contributed by atoms with E-state index in [1.165, 1.54) is 12.5 Å². The lowest BCUT2D eigenvalue weighted by atomic mass is 9.64. The summed E-state index contributed by atoms with van der Waals surface area (Å²) in [5.41, 5.74) is 1.56. The fourth-order valence-electron chi connectivity index (χ4n) is 5.86. The summed E-state index contributed by atoms with van der Waals surface area (Å²) in [4.78, 5) is 33.8. The SMILES string of the molecule is CC(=O)NC1=NOCC1CCCN1CC2(CCC(c3ccccc3)(N(C)C)CC2)CC1=O. The van der Waals surface area contributed by atoms with Crippen LogP contribution in [0, 0.1) is 11.3 Å². The van der Waals surface area contributed by atoms with Crippen LogP contribution in [0.1, 0.15) is 57.4 Å². The average molecular weight is 441 g/mol. The van der Waals surface area contributed by atoms with Gasteiger partial charge in [-0.15, -0.1) is 0 Å². The summed E-state index contributed by atoms with van der Waals surface area (Å²) in [5, 5.41) is 6.70. The van der Waals surface area contributed by atoms with Gasteiger partial charge in [0.25, 0.3) is 0 Å². The molecule has 0 aromatic heterocycles. The molecule has 1 aromatic rings.